The maximum absolute atomic E-state index is 5.77. The fraction of sp³-hybridized carbons (Fsp3) is 0.429. The van der Waals surface area contributed by atoms with E-state index in [9.17, 15) is 0 Å². The topological polar surface area (TPSA) is 119 Å². The Hall–Kier alpha value is -2.52. The SMILES string of the molecule is Cc1noc(-c2cnc3[nH]ncc3c2N2CCOC(CN)C2)n1. The molecule has 0 radical (unpaired) electrons. The minimum atomic E-state index is -0.00358. The van der Waals surface area contributed by atoms with Crippen LogP contribution in [0.2, 0.25) is 0 Å². The van der Waals surface area contributed by atoms with Gasteiger partial charge in [0, 0.05) is 25.8 Å². The maximum atomic E-state index is 5.77. The number of nitrogens with two attached hydrogens (primary N) is 1. The molecule has 0 aliphatic carbocycles. The maximum Gasteiger partial charge on any atom is 0.261 e. The highest BCUT2D eigenvalue weighted by molar-refractivity contribution is 5.96. The Bertz CT molecular complexity index is 828. The lowest BCUT2D eigenvalue weighted by Gasteiger charge is -2.35. The van der Waals surface area contributed by atoms with Gasteiger partial charge in [-0.3, -0.25) is 5.10 Å². The standard InChI is InChI=1S/C14H17N7O2/c1-8-18-14(23-20-8)11-5-16-13-10(6-17-19-13)12(11)21-2-3-22-9(4-15)7-21/h5-6,9H,2-4,7,15H2,1H3,(H,16,17,19). The summed E-state index contributed by atoms with van der Waals surface area (Å²) >= 11 is 0. The monoisotopic (exact) mass is 315 g/mol. The minimum Gasteiger partial charge on any atom is -0.373 e. The van der Waals surface area contributed by atoms with Crippen LogP contribution in [0.1, 0.15) is 5.82 Å². The average molecular weight is 315 g/mol. The van der Waals surface area contributed by atoms with Crippen molar-refractivity contribution >= 4 is 16.7 Å². The van der Waals surface area contributed by atoms with Crippen LogP contribution in [0.4, 0.5) is 5.69 Å². The molecule has 9 heteroatoms. The predicted octanol–water partition coefficient (Wildman–Crippen LogP) is 0.480. The smallest absolute Gasteiger partial charge is 0.261 e. The molecule has 0 bridgehead atoms. The second-order valence-corrected chi connectivity index (χ2v) is 5.47. The molecule has 0 amide bonds. The lowest BCUT2D eigenvalue weighted by atomic mass is 10.1. The molecule has 0 saturated carbocycles. The Labute approximate surface area is 131 Å². The molecule has 9 nitrogen and oxygen atoms in total. The summed E-state index contributed by atoms with van der Waals surface area (Å²) in [5, 5.41) is 11.8. The number of aromatic nitrogens is 5. The van der Waals surface area contributed by atoms with Gasteiger partial charge in [0.2, 0.25) is 0 Å². The number of pyridine rings is 1. The van der Waals surface area contributed by atoms with Gasteiger partial charge in [-0.05, 0) is 6.92 Å². The Balaban J connectivity index is 1.86. The summed E-state index contributed by atoms with van der Waals surface area (Å²) in [6, 6.07) is 0. The lowest BCUT2D eigenvalue weighted by molar-refractivity contribution is 0.0467. The van der Waals surface area contributed by atoms with E-state index in [4.69, 9.17) is 15.0 Å². The normalized spacial score (nSPS) is 18.7. The second-order valence-electron chi connectivity index (χ2n) is 5.47. The van der Waals surface area contributed by atoms with E-state index in [2.05, 4.69) is 30.2 Å². The zero-order valence-electron chi connectivity index (χ0n) is 12.7. The third-order valence-electron chi connectivity index (χ3n) is 3.93. The van der Waals surface area contributed by atoms with E-state index >= 15 is 0 Å². The van der Waals surface area contributed by atoms with Crippen molar-refractivity contribution in [1.82, 2.24) is 25.3 Å². The zero-order valence-corrected chi connectivity index (χ0v) is 12.7. The molecule has 1 aliphatic heterocycles. The van der Waals surface area contributed by atoms with E-state index in [0.717, 1.165) is 28.8 Å². The van der Waals surface area contributed by atoms with Gasteiger partial charge >= 0.3 is 0 Å². The molecular formula is C14H17N7O2. The molecule has 1 fully saturated rings. The summed E-state index contributed by atoms with van der Waals surface area (Å²) in [6.07, 6.45) is 3.49. The summed E-state index contributed by atoms with van der Waals surface area (Å²) in [5.74, 6) is 1.03. The second kappa shape index (κ2) is 5.60. The number of hydrogen-bond donors (Lipinski definition) is 2. The number of ether oxygens (including phenoxy) is 1. The molecule has 4 heterocycles. The molecule has 0 spiro atoms. The van der Waals surface area contributed by atoms with Crippen LogP contribution in [0.25, 0.3) is 22.5 Å². The zero-order chi connectivity index (χ0) is 15.8. The largest absolute Gasteiger partial charge is 0.373 e. The van der Waals surface area contributed by atoms with Gasteiger partial charge in [0.15, 0.2) is 11.5 Å². The van der Waals surface area contributed by atoms with Crippen LogP contribution >= 0.6 is 0 Å². The van der Waals surface area contributed by atoms with Crippen molar-refractivity contribution in [3.63, 3.8) is 0 Å². The summed E-state index contributed by atoms with van der Waals surface area (Å²) < 4.78 is 11.0. The highest BCUT2D eigenvalue weighted by Gasteiger charge is 2.26. The number of anilines is 1. The number of hydrogen-bond acceptors (Lipinski definition) is 8. The number of aromatic amines is 1. The number of morpholine rings is 1. The Morgan fingerprint density at radius 1 is 1.43 bits per heavy atom. The minimum absolute atomic E-state index is 0.00358. The van der Waals surface area contributed by atoms with E-state index in [1.807, 2.05) is 0 Å². The third kappa shape index (κ3) is 2.43. The fourth-order valence-corrected chi connectivity index (χ4v) is 2.86. The van der Waals surface area contributed by atoms with Gasteiger partial charge in [0.25, 0.3) is 5.89 Å². The van der Waals surface area contributed by atoms with E-state index in [1.54, 1.807) is 19.3 Å². The van der Waals surface area contributed by atoms with Gasteiger partial charge in [0.1, 0.15) is 0 Å². The van der Waals surface area contributed by atoms with Crippen LogP contribution in [-0.4, -0.2) is 57.7 Å². The van der Waals surface area contributed by atoms with Gasteiger partial charge < -0.3 is 19.9 Å². The third-order valence-corrected chi connectivity index (χ3v) is 3.93. The molecule has 1 unspecified atom stereocenters. The molecule has 4 rings (SSSR count). The molecule has 3 aromatic heterocycles. The van der Waals surface area contributed by atoms with Gasteiger partial charge in [-0.1, -0.05) is 5.16 Å². The number of aryl methyl sites for hydroxylation is 1. The summed E-state index contributed by atoms with van der Waals surface area (Å²) in [7, 11) is 0. The predicted molar refractivity (Wildman–Crippen MR) is 82.9 cm³/mol. The molecule has 3 aromatic rings. The highest BCUT2D eigenvalue weighted by atomic mass is 16.5. The molecule has 3 N–H and O–H groups in total. The fourth-order valence-electron chi connectivity index (χ4n) is 2.86. The van der Waals surface area contributed by atoms with Crippen molar-refractivity contribution in [3.05, 3.63) is 18.2 Å². The Morgan fingerprint density at radius 3 is 3.13 bits per heavy atom. The number of nitrogens with zero attached hydrogens (tertiary/aromatic N) is 5. The molecule has 120 valence electrons. The van der Waals surface area contributed by atoms with Crippen LogP contribution in [0, 0.1) is 6.92 Å². The first-order chi connectivity index (χ1) is 11.3. The average Bonchev–Trinajstić information content (AvgIpc) is 3.22. The van der Waals surface area contributed by atoms with Crippen LogP contribution in [0.5, 0.6) is 0 Å². The van der Waals surface area contributed by atoms with Gasteiger partial charge in [-0.25, -0.2) is 4.98 Å². The van der Waals surface area contributed by atoms with Crippen LogP contribution < -0.4 is 10.6 Å². The number of rotatable bonds is 3. The first-order valence-corrected chi connectivity index (χ1v) is 7.45. The van der Waals surface area contributed by atoms with Gasteiger partial charge in [0.05, 0.1) is 35.5 Å². The van der Waals surface area contributed by atoms with Gasteiger partial charge in [-0.2, -0.15) is 10.1 Å². The van der Waals surface area contributed by atoms with E-state index in [1.165, 1.54) is 0 Å². The molecule has 0 aromatic carbocycles. The van der Waals surface area contributed by atoms with Crippen molar-refractivity contribution in [2.24, 2.45) is 5.73 Å². The summed E-state index contributed by atoms with van der Waals surface area (Å²) in [5.41, 5.74) is 8.24. The Kier molecular flexibility index (Phi) is 3.43. The van der Waals surface area contributed by atoms with E-state index in [0.29, 0.717) is 31.4 Å². The van der Waals surface area contributed by atoms with Crippen LogP contribution in [-0.2, 0) is 4.74 Å². The van der Waals surface area contributed by atoms with Crippen LogP contribution in [0.15, 0.2) is 16.9 Å². The first-order valence-electron chi connectivity index (χ1n) is 7.45. The summed E-state index contributed by atoms with van der Waals surface area (Å²) in [6.45, 7) is 4.33. The van der Waals surface area contributed by atoms with Crippen molar-refractivity contribution in [3.8, 4) is 11.5 Å². The van der Waals surface area contributed by atoms with Crippen LogP contribution in [0.3, 0.4) is 0 Å². The number of H-pyrrole nitrogens is 1. The van der Waals surface area contributed by atoms with Gasteiger partial charge in [-0.15, -0.1) is 0 Å². The molecule has 1 atom stereocenters. The number of fused-ring (bicyclic) bond motifs is 1. The van der Waals surface area contributed by atoms with E-state index < -0.39 is 0 Å². The molecule has 1 saturated heterocycles. The molecule has 1 aliphatic rings. The lowest BCUT2D eigenvalue weighted by Crippen LogP contribution is -2.46. The summed E-state index contributed by atoms with van der Waals surface area (Å²) in [4.78, 5) is 10.9. The van der Waals surface area contributed by atoms with Crippen molar-refractivity contribution in [2.45, 2.75) is 13.0 Å². The van der Waals surface area contributed by atoms with E-state index in [-0.39, 0.29) is 6.10 Å². The highest BCUT2D eigenvalue weighted by Crippen LogP contribution is 2.35. The molecular weight excluding hydrogens is 298 g/mol. The van der Waals surface area contributed by atoms with Crippen molar-refractivity contribution in [1.29, 1.82) is 0 Å². The van der Waals surface area contributed by atoms with Crippen molar-refractivity contribution < 1.29 is 9.26 Å². The quantitative estimate of drug-likeness (QED) is 0.716. The molecule has 23 heavy (non-hydrogen) atoms. The first kappa shape index (κ1) is 14.1. The Morgan fingerprint density at radius 2 is 2.35 bits per heavy atom. The number of nitrogens with one attached hydrogen (secondary N) is 1. The van der Waals surface area contributed by atoms with Crippen molar-refractivity contribution in [2.75, 3.05) is 31.1 Å².